The number of nitro groups is 1. The fourth-order valence-electron chi connectivity index (χ4n) is 2.83. The van der Waals surface area contributed by atoms with Crippen LogP contribution in [-0.2, 0) is 4.79 Å². The van der Waals surface area contributed by atoms with Crippen molar-refractivity contribution in [2.24, 2.45) is 5.10 Å². The molecule has 0 aliphatic carbocycles. The lowest BCUT2D eigenvalue weighted by molar-refractivity contribution is -0.384. The summed E-state index contributed by atoms with van der Waals surface area (Å²) in [4.78, 5) is 35.1. The van der Waals surface area contributed by atoms with Crippen molar-refractivity contribution in [1.82, 2.24) is 5.43 Å². The lowest BCUT2D eigenvalue weighted by Gasteiger charge is -2.13. The van der Waals surface area contributed by atoms with Gasteiger partial charge in [0.2, 0.25) is 0 Å². The third-order valence-electron chi connectivity index (χ3n) is 4.65. The molecule has 0 aliphatic rings. The number of nitrogens with one attached hydrogen (secondary N) is 1. The van der Waals surface area contributed by atoms with Gasteiger partial charge in [-0.05, 0) is 55.8 Å². The van der Waals surface area contributed by atoms with Crippen LogP contribution >= 0.6 is 15.9 Å². The number of non-ortho nitro benzene ring substituents is 1. The summed E-state index contributed by atoms with van der Waals surface area (Å²) in [7, 11) is 0. The van der Waals surface area contributed by atoms with Gasteiger partial charge in [-0.2, -0.15) is 5.10 Å². The number of carbonyl (C=O) groups excluding carboxylic acids is 2. The molecule has 1 atom stereocenters. The Kier molecular flexibility index (Phi) is 8.10. The number of rotatable bonds is 8. The number of esters is 1. The standard InChI is InChI=1S/C24H20BrN3O6/c1-15-5-3-4-6-21(15)24(30)34-22-12-7-18(25)13-17(22)14-26-27-23(29)16(2)33-20-10-8-19(9-11-20)28(31)32/h3-14,16H,1-2H3,(H,27,29)/b26-14-/t16-/m1/s1. The molecule has 1 amide bonds. The molecule has 9 nitrogen and oxygen atoms in total. The molecule has 3 aromatic rings. The molecule has 0 spiro atoms. The maximum atomic E-state index is 12.6. The van der Waals surface area contributed by atoms with E-state index in [1.807, 2.05) is 19.1 Å². The van der Waals surface area contributed by atoms with Crippen molar-refractivity contribution in [1.29, 1.82) is 0 Å². The molecular weight excluding hydrogens is 506 g/mol. The first-order chi connectivity index (χ1) is 16.2. The first-order valence-electron chi connectivity index (χ1n) is 10.1. The Morgan fingerprint density at radius 2 is 1.82 bits per heavy atom. The number of hydrogen-bond donors (Lipinski definition) is 1. The molecule has 10 heteroatoms. The van der Waals surface area contributed by atoms with Crippen LogP contribution in [-0.4, -0.2) is 29.1 Å². The second-order valence-corrected chi connectivity index (χ2v) is 8.05. The van der Waals surface area contributed by atoms with Crippen molar-refractivity contribution in [2.75, 3.05) is 0 Å². The molecule has 0 saturated carbocycles. The Balaban J connectivity index is 1.65. The number of hydrogen-bond acceptors (Lipinski definition) is 7. The Morgan fingerprint density at radius 3 is 2.50 bits per heavy atom. The van der Waals surface area contributed by atoms with E-state index < -0.39 is 22.9 Å². The van der Waals surface area contributed by atoms with Crippen LogP contribution in [0.25, 0.3) is 0 Å². The summed E-state index contributed by atoms with van der Waals surface area (Å²) in [5, 5.41) is 14.7. The maximum Gasteiger partial charge on any atom is 0.343 e. The van der Waals surface area contributed by atoms with Gasteiger partial charge in [0, 0.05) is 22.2 Å². The van der Waals surface area contributed by atoms with Crippen molar-refractivity contribution in [2.45, 2.75) is 20.0 Å². The molecule has 174 valence electrons. The van der Waals surface area contributed by atoms with Gasteiger partial charge in [0.25, 0.3) is 11.6 Å². The summed E-state index contributed by atoms with van der Waals surface area (Å²) >= 11 is 3.36. The van der Waals surface area contributed by atoms with Gasteiger partial charge in [0.1, 0.15) is 11.5 Å². The fourth-order valence-corrected chi connectivity index (χ4v) is 3.21. The molecule has 3 aromatic carbocycles. The van der Waals surface area contributed by atoms with Crippen LogP contribution in [0.5, 0.6) is 11.5 Å². The molecule has 0 aromatic heterocycles. The number of halogens is 1. The van der Waals surface area contributed by atoms with E-state index in [1.165, 1.54) is 37.4 Å². The molecule has 0 unspecified atom stereocenters. The average Bonchev–Trinajstić information content (AvgIpc) is 2.81. The lowest BCUT2D eigenvalue weighted by Crippen LogP contribution is -2.33. The van der Waals surface area contributed by atoms with E-state index in [0.717, 1.165) is 10.0 Å². The second-order valence-electron chi connectivity index (χ2n) is 7.13. The highest BCUT2D eigenvalue weighted by molar-refractivity contribution is 9.10. The van der Waals surface area contributed by atoms with Crippen LogP contribution in [0.2, 0.25) is 0 Å². The highest BCUT2D eigenvalue weighted by atomic mass is 79.9. The normalized spacial score (nSPS) is 11.6. The molecule has 0 radical (unpaired) electrons. The van der Waals surface area contributed by atoms with Gasteiger partial charge in [0.05, 0.1) is 16.7 Å². The molecule has 0 bridgehead atoms. The Hall–Kier alpha value is -4.05. The Morgan fingerprint density at radius 1 is 1.12 bits per heavy atom. The maximum absolute atomic E-state index is 12.6. The molecule has 0 aliphatic heterocycles. The van der Waals surface area contributed by atoms with Gasteiger partial charge in [-0.1, -0.05) is 34.1 Å². The largest absolute Gasteiger partial charge is 0.481 e. The quantitative estimate of drug-likeness (QED) is 0.148. The van der Waals surface area contributed by atoms with Crippen LogP contribution < -0.4 is 14.9 Å². The first kappa shape index (κ1) is 24.6. The van der Waals surface area contributed by atoms with Crippen molar-refractivity contribution in [3.8, 4) is 11.5 Å². The highest BCUT2D eigenvalue weighted by Gasteiger charge is 2.16. The van der Waals surface area contributed by atoms with E-state index in [9.17, 15) is 19.7 Å². The topological polar surface area (TPSA) is 120 Å². The molecule has 1 N–H and O–H groups in total. The summed E-state index contributed by atoms with van der Waals surface area (Å²) in [6, 6.07) is 17.5. The van der Waals surface area contributed by atoms with E-state index in [4.69, 9.17) is 9.47 Å². The molecule has 3 rings (SSSR count). The van der Waals surface area contributed by atoms with Gasteiger partial charge in [-0.25, -0.2) is 10.2 Å². The van der Waals surface area contributed by atoms with Crippen LogP contribution in [0, 0.1) is 17.0 Å². The number of amides is 1. The van der Waals surface area contributed by atoms with Gasteiger partial charge in [-0.3, -0.25) is 14.9 Å². The second kappa shape index (κ2) is 11.2. The highest BCUT2D eigenvalue weighted by Crippen LogP contribution is 2.23. The number of nitro benzene ring substituents is 1. The third kappa shape index (κ3) is 6.48. The SMILES string of the molecule is Cc1ccccc1C(=O)Oc1ccc(Br)cc1/C=N\NC(=O)[C@@H](C)Oc1ccc([N+](=O)[O-])cc1. The summed E-state index contributed by atoms with van der Waals surface area (Å²) in [6.07, 6.45) is 0.432. The number of aryl methyl sites for hydroxylation is 1. The lowest BCUT2D eigenvalue weighted by atomic mass is 10.1. The van der Waals surface area contributed by atoms with E-state index in [1.54, 1.807) is 30.3 Å². The van der Waals surface area contributed by atoms with Crippen molar-refractivity contribution >= 4 is 39.7 Å². The van der Waals surface area contributed by atoms with Crippen molar-refractivity contribution in [3.63, 3.8) is 0 Å². The van der Waals surface area contributed by atoms with E-state index >= 15 is 0 Å². The zero-order valence-electron chi connectivity index (χ0n) is 18.2. The zero-order chi connectivity index (χ0) is 24.7. The number of carbonyl (C=O) groups is 2. The summed E-state index contributed by atoms with van der Waals surface area (Å²) in [6.45, 7) is 3.33. The minimum Gasteiger partial charge on any atom is -0.481 e. The predicted octanol–water partition coefficient (Wildman–Crippen LogP) is 4.80. The molecule has 0 saturated heterocycles. The van der Waals surface area contributed by atoms with Crippen LogP contribution in [0.1, 0.15) is 28.4 Å². The van der Waals surface area contributed by atoms with E-state index in [0.29, 0.717) is 16.9 Å². The molecule has 0 fully saturated rings. The first-order valence-corrected chi connectivity index (χ1v) is 10.9. The van der Waals surface area contributed by atoms with Crippen LogP contribution in [0.15, 0.2) is 76.3 Å². The van der Waals surface area contributed by atoms with Gasteiger partial charge >= 0.3 is 5.97 Å². The molecular formula is C24H20BrN3O6. The van der Waals surface area contributed by atoms with Crippen LogP contribution in [0.4, 0.5) is 5.69 Å². The van der Waals surface area contributed by atoms with E-state index in [-0.39, 0.29) is 11.4 Å². The fraction of sp³-hybridized carbons (Fsp3) is 0.125. The minimum atomic E-state index is -0.917. The summed E-state index contributed by atoms with van der Waals surface area (Å²) in [5.41, 5.74) is 3.97. The zero-order valence-corrected chi connectivity index (χ0v) is 19.8. The molecule has 34 heavy (non-hydrogen) atoms. The predicted molar refractivity (Wildman–Crippen MR) is 129 cm³/mol. The smallest absolute Gasteiger partial charge is 0.343 e. The van der Waals surface area contributed by atoms with Gasteiger partial charge < -0.3 is 9.47 Å². The monoisotopic (exact) mass is 525 g/mol. The summed E-state index contributed by atoms with van der Waals surface area (Å²) in [5.74, 6) is -0.480. The van der Waals surface area contributed by atoms with E-state index in [2.05, 4.69) is 26.5 Å². The Bertz CT molecular complexity index is 1240. The Labute approximate surface area is 203 Å². The third-order valence-corrected chi connectivity index (χ3v) is 5.14. The molecule has 0 heterocycles. The minimum absolute atomic E-state index is 0.0815. The van der Waals surface area contributed by atoms with Gasteiger partial charge in [0.15, 0.2) is 6.10 Å². The number of hydrazone groups is 1. The summed E-state index contributed by atoms with van der Waals surface area (Å²) < 4.78 is 11.8. The number of ether oxygens (including phenoxy) is 2. The van der Waals surface area contributed by atoms with Gasteiger partial charge in [-0.15, -0.1) is 0 Å². The number of nitrogens with zero attached hydrogens (tertiary/aromatic N) is 2. The number of benzene rings is 3. The van der Waals surface area contributed by atoms with Crippen LogP contribution in [0.3, 0.4) is 0 Å². The average molecular weight is 526 g/mol. The van der Waals surface area contributed by atoms with Crippen molar-refractivity contribution in [3.05, 3.63) is 98.0 Å². The van der Waals surface area contributed by atoms with Crippen molar-refractivity contribution < 1.29 is 24.0 Å².